The summed E-state index contributed by atoms with van der Waals surface area (Å²) in [5.41, 5.74) is 0.678. The van der Waals surface area contributed by atoms with Crippen molar-refractivity contribution in [3.63, 3.8) is 0 Å². The van der Waals surface area contributed by atoms with Gasteiger partial charge in [0.25, 0.3) is 17.7 Å². The van der Waals surface area contributed by atoms with Crippen LogP contribution in [0.5, 0.6) is 0 Å². The third-order valence-electron chi connectivity index (χ3n) is 3.21. The summed E-state index contributed by atoms with van der Waals surface area (Å²) in [4.78, 5) is 36.5. The Morgan fingerprint density at radius 3 is 2.48 bits per heavy atom. The highest BCUT2D eigenvalue weighted by molar-refractivity contribution is 6.12. The maximum atomic E-state index is 12.3. The number of hydrazine groups is 1. The molecule has 6 nitrogen and oxygen atoms in total. The van der Waals surface area contributed by atoms with Gasteiger partial charge in [0.1, 0.15) is 11.6 Å². The van der Waals surface area contributed by atoms with Crippen molar-refractivity contribution in [3.05, 3.63) is 47.0 Å². The fourth-order valence-corrected chi connectivity index (χ4v) is 2.10. The van der Waals surface area contributed by atoms with Crippen LogP contribution in [-0.4, -0.2) is 34.8 Å². The molecule has 21 heavy (non-hydrogen) atoms. The van der Waals surface area contributed by atoms with Crippen molar-refractivity contribution in [2.24, 2.45) is 0 Å². The van der Waals surface area contributed by atoms with Crippen molar-refractivity contribution in [1.82, 2.24) is 10.0 Å². The number of benzene rings is 1. The van der Waals surface area contributed by atoms with E-state index in [1.807, 2.05) is 0 Å². The molecule has 3 amide bonds. The third-order valence-corrected chi connectivity index (χ3v) is 3.21. The van der Waals surface area contributed by atoms with E-state index in [1.54, 1.807) is 43.3 Å². The Hall–Kier alpha value is -2.94. The van der Waals surface area contributed by atoms with E-state index >= 15 is 0 Å². The van der Waals surface area contributed by atoms with Crippen LogP contribution in [0.1, 0.15) is 23.7 Å². The number of rotatable bonds is 2. The predicted octanol–water partition coefficient (Wildman–Crippen LogP) is 1.27. The second-order valence-corrected chi connectivity index (χ2v) is 4.65. The molecule has 0 unspecified atom stereocenters. The number of hydrogen-bond donors (Lipinski definition) is 0. The lowest BCUT2D eigenvalue weighted by Crippen LogP contribution is -2.53. The number of nitriles is 1. The Morgan fingerprint density at radius 1 is 1.29 bits per heavy atom. The van der Waals surface area contributed by atoms with E-state index in [1.165, 1.54) is 7.05 Å². The molecule has 1 aromatic rings. The van der Waals surface area contributed by atoms with E-state index in [0.29, 0.717) is 11.1 Å². The average molecular weight is 283 g/mol. The monoisotopic (exact) mass is 283 g/mol. The molecule has 0 N–H and O–H groups in total. The zero-order valence-corrected chi connectivity index (χ0v) is 11.7. The summed E-state index contributed by atoms with van der Waals surface area (Å²) in [5, 5.41) is 10.7. The molecule has 0 aliphatic carbocycles. The Labute approximate surface area is 121 Å². The number of imide groups is 1. The molecule has 2 rings (SSSR count). The smallest absolute Gasteiger partial charge is 0.272 e. The van der Waals surface area contributed by atoms with Crippen molar-refractivity contribution in [3.8, 4) is 6.07 Å². The predicted molar refractivity (Wildman–Crippen MR) is 73.3 cm³/mol. The van der Waals surface area contributed by atoms with Crippen LogP contribution < -0.4 is 0 Å². The molecule has 106 valence electrons. The highest BCUT2D eigenvalue weighted by Crippen LogP contribution is 2.21. The molecule has 0 saturated carbocycles. The number of hydrogen-bond acceptors (Lipinski definition) is 4. The standard InChI is InChI=1S/C15H13N3O3/c1-10-8-13(19)18(15(21)12(10)9-16)17(2)14(20)11-6-4-3-5-7-11/h3-7H,8H2,1-2H3. The van der Waals surface area contributed by atoms with Crippen LogP contribution in [-0.2, 0) is 9.59 Å². The molecule has 0 atom stereocenters. The first kappa shape index (κ1) is 14.5. The van der Waals surface area contributed by atoms with Gasteiger partial charge in [-0.15, -0.1) is 0 Å². The zero-order valence-electron chi connectivity index (χ0n) is 11.7. The molecular formula is C15H13N3O3. The van der Waals surface area contributed by atoms with Crippen LogP contribution >= 0.6 is 0 Å². The molecule has 0 fully saturated rings. The van der Waals surface area contributed by atoms with E-state index in [-0.39, 0.29) is 12.0 Å². The van der Waals surface area contributed by atoms with Crippen LogP contribution in [0.15, 0.2) is 41.5 Å². The minimum absolute atomic E-state index is 0.0545. The Morgan fingerprint density at radius 2 is 1.90 bits per heavy atom. The lowest BCUT2D eigenvalue weighted by molar-refractivity contribution is -0.156. The third kappa shape index (κ3) is 2.54. The minimum atomic E-state index is -0.766. The summed E-state index contributed by atoms with van der Waals surface area (Å²) in [5.74, 6) is -1.78. The first-order chi connectivity index (χ1) is 9.97. The summed E-state index contributed by atoms with van der Waals surface area (Å²) >= 11 is 0. The highest BCUT2D eigenvalue weighted by atomic mass is 16.2. The number of amides is 3. The maximum absolute atomic E-state index is 12.3. The lowest BCUT2D eigenvalue weighted by Gasteiger charge is -2.32. The fourth-order valence-electron chi connectivity index (χ4n) is 2.10. The fraction of sp³-hybridized carbons (Fsp3) is 0.200. The molecule has 0 spiro atoms. The van der Waals surface area contributed by atoms with E-state index in [0.717, 1.165) is 10.0 Å². The minimum Gasteiger partial charge on any atom is -0.272 e. The van der Waals surface area contributed by atoms with E-state index in [4.69, 9.17) is 5.26 Å². The molecule has 1 aliphatic rings. The first-order valence-corrected chi connectivity index (χ1v) is 6.27. The summed E-state index contributed by atoms with van der Waals surface area (Å²) < 4.78 is 0. The molecule has 0 radical (unpaired) electrons. The van der Waals surface area contributed by atoms with Gasteiger partial charge < -0.3 is 0 Å². The van der Waals surface area contributed by atoms with Gasteiger partial charge in [-0.1, -0.05) is 18.2 Å². The van der Waals surface area contributed by atoms with Crippen molar-refractivity contribution in [1.29, 1.82) is 5.26 Å². The zero-order chi connectivity index (χ0) is 15.6. The normalized spacial score (nSPS) is 15.0. The summed E-state index contributed by atoms with van der Waals surface area (Å²) in [6.07, 6.45) is -0.0545. The van der Waals surface area contributed by atoms with Gasteiger partial charge in [0.15, 0.2) is 0 Å². The average Bonchev–Trinajstić information content (AvgIpc) is 2.47. The number of nitrogens with zero attached hydrogens (tertiary/aromatic N) is 3. The maximum Gasteiger partial charge on any atom is 0.290 e. The molecule has 0 saturated heterocycles. The van der Waals surface area contributed by atoms with Gasteiger partial charge in [0.05, 0.1) is 6.42 Å². The summed E-state index contributed by atoms with van der Waals surface area (Å²) in [6, 6.07) is 10.1. The molecule has 0 bridgehead atoms. The van der Waals surface area contributed by atoms with Gasteiger partial charge in [0.2, 0.25) is 0 Å². The van der Waals surface area contributed by atoms with Crippen LogP contribution in [0, 0.1) is 11.3 Å². The van der Waals surface area contributed by atoms with E-state index in [2.05, 4.69) is 0 Å². The molecule has 1 aliphatic heterocycles. The van der Waals surface area contributed by atoms with Gasteiger partial charge in [0, 0.05) is 12.6 Å². The molecule has 6 heteroatoms. The van der Waals surface area contributed by atoms with Crippen LogP contribution in [0.4, 0.5) is 0 Å². The molecule has 1 heterocycles. The number of carbonyl (C=O) groups excluding carboxylic acids is 3. The van der Waals surface area contributed by atoms with Crippen molar-refractivity contribution < 1.29 is 14.4 Å². The van der Waals surface area contributed by atoms with Gasteiger partial charge in [-0.05, 0) is 24.6 Å². The van der Waals surface area contributed by atoms with Gasteiger partial charge in [-0.2, -0.15) is 10.3 Å². The largest absolute Gasteiger partial charge is 0.290 e. The quantitative estimate of drug-likeness (QED) is 0.765. The Kier molecular flexibility index (Phi) is 3.85. The molecular weight excluding hydrogens is 270 g/mol. The molecule has 1 aromatic carbocycles. The second kappa shape index (κ2) is 5.59. The Balaban J connectivity index is 2.34. The van der Waals surface area contributed by atoms with Crippen molar-refractivity contribution >= 4 is 17.7 Å². The van der Waals surface area contributed by atoms with Crippen LogP contribution in [0.3, 0.4) is 0 Å². The SMILES string of the molecule is CC1=C(C#N)C(=O)N(N(C)C(=O)c2ccccc2)C(=O)C1. The lowest BCUT2D eigenvalue weighted by atomic mass is 10.0. The van der Waals surface area contributed by atoms with E-state index < -0.39 is 17.7 Å². The first-order valence-electron chi connectivity index (χ1n) is 6.27. The van der Waals surface area contributed by atoms with Gasteiger partial charge >= 0.3 is 0 Å². The van der Waals surface area contributed by atoms with Crippen LogP contribution in [0.25, 0.3) is 0 Å². The summed E-state index contributed by atoms with van der Waals surface area (Å²) in [6.45, 7) is 1.56. The van der Waals surface area contributed by atoms with Gasteiger partial charge in [-0.3, -0.25) is 14.4 Å². The highest BCUT2D eigenvalue weighted by Gasteiger charge is 2.36. The molecule has 0 aromatic heterocycles. The van der Waals surface area contributed by atoms with Gasteiger partial charge in [-0.25, -0.2) is 5.01 Å². The van der Waals surface area contributed by atoms with Crippen molar-refractivity contribution in [2.75, 3.05) is 7.05 Å². The summed E-state index contributed by atoms with van der Waals surface area (Å²) in [7, 11) is 1.33. The second-order valence-electron chi connectivity index (χ2n) is 4.65. The van der Waals surface area contributed by atoms with Crippen LogP contribution in [0.2, 0.25) is 0 Å². The van der Waals surface area contributed by atoms with E-state index in [9.17, 15) is 14.4 Å². The Bertz CT molecular complexity index is 686. The number of carbonyl (C=O) groups is 3. The van der Waals surface area contributed by atoms with Crippen molar-refractivity contribution in [2.45, 2.75) is 13.3 Å². The topological polar surface area (TPSA) is 81.5 Å².